The maximum absolute atomic E-state index is 12.6. The molecule has 0 radical (unpaired) electrons. The second-order valence-corrected chi connectivity index (χ2v) is 10.7. The van der Waals surface area contributed by atoms with Crippen molar-refractivity contribution in [3.63, 3.8) is 0 Å². The molecule has 0 aromatic heterocycles. The first-order valence-corrected chi connectivity index (χ1v) is 14.4. The summed E-state index contributed by atoms with van der Waals surface area (Å²) in [6, 6.07) is 0. The summed E-state index contributed by atoms with van der Waals surface area (Å²) < 4.78 is 10.9. The quantitative estimate of drug-likeness (QED) is 0.145. The Labute approximate surface area is 250 Å². The predicted octanol–water partition coefficient (Wildman–Crippen LogP) is 5.23. The van der Waals surface area contributed by atoms with Crippen molar-refractivity contribution < 1.29 is 34.1 Å². The average molecular weight is 585 g/mol. The molecule has 5 atom stereocenters. The van der Waals surface area contributed by atoms with E-state index in [0.29, 0.717) is 38.5 Å². The number of esters is 1. The van der Waals surface area contributed by atoms with Crippen molar-refractivity contribution in [2.75, 3.05) is 0 Å². The van der Waals surface area contributed by atoms with E-state index in [1.807, 2.05) is 58.9 Å². The highest BCUT2D eigenvalue weighted by molar-refractivity contribution is 5.88. The fourth-order valence-corrected chi connectivity index (χ4v) is 4.20. The largest absolute Gasteiger partial charge is 0.458 e. The van der Waals surface area contributed by atoms with E-state index in [9.17, 15) is 24.6 Å². The Bertz CT molecular complexity index is 1090. The number of rotatable bonds is 6. The molecule has 1 aliphatic rings. The fourth-order valence-electron chi connectivity index (χ4n) is 4.20. The van der Waals surface area contributed by atoms with Crippen molar-refractivity contribution in [2.45, 2.75) is 97.6 Å². The van der Waals surface area contributed by atoms with E-state index >= 15 is 0 Å². The molecule has 2 amide bonds. The number of primary amides is 1. The van der Waals surface area contributed by atoms with Crippen LogP contribution >= 0.6 is 0 Å². The van der Waals surface area contributed by atoms with Gasteiger partial charge < -0.3 is 30.7 Å². The lowest BCUT2D eigenvalue weighted by molar-refractivity contribution is -0.144. The van der Waals surface area contributed by atoms with Gasteiger partial charge in [0, 0.05) is 30.7 Å². The third-order valence-electron chi connectivity index (χ3n) is 6.36. The van der Waals surface area contributed by atoms with Gasteiger partial charge in [0.1, 0.15) is 24.4 Å². The van der Waals surface area contributed by atoms with Crippen LogP contribution in [0.4, 0.5) is 4.79 Å². The summed E-state index contributed by atoms with van der Waals surface area (Å²) in [5.41, 5.74) is 8.00. The van der Waals surface area contributed by atoms with Crippen LogP contribution in [0.25, 0.3) is 0 Å². The Balaban J connectivity index is 3.06. The molecule has 9 nitrogen and oxygen atoms in total. The Hall–Kier alpha value is -3.69. The Morgan fingerprint density at radius 1 is 1.14 bits per heavy atom. The summed E-state index contributed by atoms with van der Waals surface area (Å²) in [6.45, 7) is 9.58. The minimum absolute atomic E-state index is 0.108. The van der Waals surface area contributed by atoms with Gasteiger partial charge in [0.15, 0.2) is 0 Å². The Morgan fingerprint density at radius 2 is 1.86 bits per heavy atom. The molecular formula is C33H48N2O7. The van der Waals surface area contributed by atoms with E-state index < -0.39 is 36.5 Å². The molecule has 0 spiro atoms. The molecule has 1 heterocycles. The lowest BCUT2D eigenvalue weighted by Crippen LogP contribution is -2.40. The first kappa shape index (κ1) is 36.3. The van der Waals surface area contributed by atoms with E-state index in [1.54, 1.807) is 24.4 Å². The molecule has 0 aromatic carbocycles. The molecule has 0 saturated carbocycles. The Kier molecular flexibility index (Phi) is 17.5. The molecule has 0 aromatic rings. The van der Waals surface area contributed by atoms with Gasteiger partial charge in [-0.15, -0.1) is 0 Å². The van der Waals surface area contributed by atoms with Crippen molar-refractivity contribution in [1.29, 1.82) is 0 Å². The molecule has 1 rings (SSSR count). The summed E-state index contributed by atoms with van der Waals surface area (Å²) in [7, 11) is 0. The SMILES string of the molecule is CC(C)=CC(=O)N/C=C/C(C)=C/[C@@H](C)[C@H]1C/C(C)=C/C=C/CCC[C@@H](OC(N)=O)[C@@H](O)[C@@H](O)/C=C/CC/C=C/C(=O)O1. The van der Waals surface area contributed by atoms with Crippen LogP contribution in [0.5, 0.6) is 0 Å². The normalized spacial score (nSPS) is 27.8. The number of carbonyl (C=O) groups is 3. The van der Waals surface area contributed by atoms with Crippen molar-refractivity contribution in [1.82, 2.24) is 5.32 Å². The molecule has 1 aliphatic heterocycles. The molecule has 0 saturated heterocycles. The number of aliphatic hydroxyl groups is 2. The maximum atomic E-state index is 12.6. The van der Waals surface area contributed by atoms with Gasteiger partial charge in [0.05, 0.1) is 0 Å². The molecule has 0 unspecified atom stereocenters. The standard InChI is InChI=1S/C33H48N2O7/c1-23(2)20-30(37)35-19-18-25(4)21-26(5)29-22-24(3)14-10-6-8-12-16-28(42-33(34)40)32(39)27(36)15-11-7-9-13-17-31(38)41-29/h6,10-11,13-15,17-21,26-29,32,36,39H,7-9,12,16,22H2,1-5H3,(H2,34,40)(H,35,37)/b10-6+,15-11+,17-13+,19-18+,24-14+,25-21+/t26-,27+,28-,29-,32+/m1/s1. The van der Waals surface area contributed by atoms with Crippen molar-refractivity contribution in [3.8, 4) is 0 Å². The molecule has 5 N–H and O–H groups in total. The number of amides is 2. The van der Waals surface area contributed by atoms with Gasteiger partial charge in [0.25, 0.3) is 0 Å². The molecule has 9 heteroatoms. The van der Waals surface area contributed by atoms with Gasteiger partial charge in [-0.25, -0.2) is 9.59 Å². The summed E-state index contributed by atoms with van der Waals surface area (Å²) in [5, 5.41) is 23.5. The van der Waals surface area contributed by atoms with Gasteiger partial charge in [-0.1, -0.05) is 66.2 Å². The predicted molar refractivity (Wildman–Crippen MR) is 165 cm³/mol. The smallest absolute Gasteiger partial charge is 0.404 e. The van der Waals surface area contributed by atoms with Crippen LogP contribution in [0.1, 0.15) is 73.1 Å². The van der Waals surface area contributed by atoms with Crippen molar-refractivity contribution in [2.24, 2.45) is 11.7 Å². The minimum Gasteiger partial charge on any atom is -0.458 e. The van der Waals surface area contributed by atoms with E-state index in [-0.39, 0.29) is 11.8 Å². The zero-order valence-corrected chi connectivity index (χ0v) is 25.5. The number of ether oxygens (including phenoxy) is 2. The molecule has 0 aliphatic carbocycles. The third-order valence-corrected chi connectivity index (χ3v) is 6.36. The second kappa shape index (κ2) is 20.2. The number of carbonyl (C=O) groups excluding carboxylic acids is 3. The maximum Gasteiger partial charge on any atom is 0.404 e. The van der Waals surface area contributed by atoms with Gasteiger partial charge >= 0.3 is 12.1 Å². The van der Waals surface area contributed by atoms with Gasteiger partial charge in [-0.2, -0.15) is 0 Å². The summed E-state index contributed by atoms with van der Waals surface area (Å²) in [5.74, 6) is -0.755. The lowest BCUT2D eigenvalue weighted by atomic mass is 9.95. The Morgan fingerprint density at radius 3 is 2.55 bits per heavy atom. The number of aliphatic hydroxyl groups excluding tert-OH is 2. The first-order valence-electron chi connectivity index (χ1n) is 14.4. The third kappa shape index (κ3) is 16.5. The minimum atomic E-state index is -1.32. The molecule has 42 heavy (non-hydrogen) atoms. The highest BCUT2D eigenvalue weighted by atomic mass is 16.6. The first-order chi connectivity index (χ1) is 19.9. The molecule has 0 bridgehead atoms. The van der Waals surface area contributed by atoms with Crippen molar-refractivity contribution in [3.05, 3.63) is 83.7 Å². The highest BCUT2D eigenvalue weighted by Crippen LogP contribution is 2.21. The highest BCUT2D eigenvalue weighted by Gasteiger charge is 2.27. The van der Waals surface area contributed by atoms with Gasteiger partial charge in [0.2, 0.25) is 5.91 Å². The zero-order chi connectivity index (χ0) is 31.5. The van der Waals surface area contributed by atoms with Gasteiger partial charge in [-0.3, -0.25) is 4.79 Å². The van der Waals surface area contributed by atoms with Crippen LogP contribution in [0, 0.1) is 5.92 Å². The number of allylic oxidation sites excluding steroid dienone is 8. The number of nitrogens with two attached hydrogens (primary N) is 1. The van der Waals surface area contributed by atoms with Gasteiger partial charge in [-0.05, 0) is 65.9 Å². The van der Waals surface area contributed by atoms with E-state index in [0.717, 1.165) is 16.7 Å². The summed E-state index contributed by atoms with van der Waals surface area (Å²) in [6.07, 6.45) is 17.2. The van der Waals surface area contributed by atoms with E-state index in [4.69, 9.17) is 15.2 Å². The van der Waals surface area contributed by atoms with Crippen LogP contribution in [0.15, 0.2) is 83.7 Å². The number of hydrogen-bond donors (Lipinski definition) is 4. The molecule has 0 fully saturated rings. The van der Waals surface area contributed by atoms with Crippen LogP contribution in [-0.2, 0) is 19.1 Å². The topological polar surface area (TPSA) is 148 Å². The number of nitrogens with one attached hydrogen (secondary N) is 1. The van der Waals surface area contributed by atoms with Crippen LogP contribution in [-0.4, -0.2) is 52.6 Å². The molecular weight excluding hydrogens is 536 g/mol. The average Bonchev–Trinajstić information content (AvgIpc) is 2.89. The summed E-state index contributed by atoms with van der Waals surface area (Å²) >= 11 is 0. The lowest BCUT2D eigenvalue weighted by Gasteiger charge is -2.24. The summed E-state index contributed by atoms with van der Waals surface area (Å²) in [4.78, 5) is 35.8. The van der Waals surface area contributed by atoms with Crippen LogP contribution in [0.3, 0.4) is 0 Å². The monoisotopic (exact) mass is 584 g/mol. The molecule has 232 valence electrons. The number of cyclic esters (lactones) is 1. The second-order valence-electron chi connectivity index (χ2n) is 10.7. The van der Waals surface area contributed by atoms with Crippen LogP contribution < -0.4 is 11.1 Å². The van der Waals surface area contributed by atoms with Crippen LogP contribution in [0.2, 0.25) is 0 Å². The number of hydrogen-bond acceptors (Lipinski definition) is 7. The van der Waals surface area contributed by atoms with E-state index in [2.05, 4.69) is 5.32 Å². The fraction of sp³-hybridized carbons (Fsp3) is 0.485. The van der Waals surface area contributed by atoms with E-state index in [1.165, 1.54) is 18.2 Å². The van der Waals surface area contributed by atoms with Crippen molar-refractivity contribution >= 4 is 18.0 Å². The zero-order valence-electron chi connectivity index (χ0n) is 25.5.